The van der Waals surface area contributed by atoms with Crippen molar-refractivity contribution in [3.05, 3.63) is 0 Å². The highest BCUT2D eigenvalue weighted by atomic mass is 32.2. The van der Waals surface area contributed by atoms with Crippen LogP contribution < -0.4 is 5.73 Å². The minimum absolute atomic E-state index is 0.261. The monoisotopic (exact) mass is 262 g/mol. The van der Waals surface area contributed by atoms with Crippen molar-refractivity contribution in [2.24, 2.45) is 17.6 Å². The van der Waals surface area contributed by atoms with Gasteiger partial charge in [0.2, 0.25) is 10.0 Å². The van der Waals surface area contributed by atoms with E-state index in [0.29, 0.717) is 31.3 Å². The van der Waals surface area contributed by atoms with Crippen molar-refractivity contribution in [3.63, 3.8) is 0 Å². The van der Waals surface area contributed by atoms with Crippen molar-refractivity contribution < 1.29 is 8.42 Å². The Hall–Kier alpha value is -0.130. The van der Waals surface area contributed by atoms with Crippen LogP contribution in [0.25, 0.3) is 0 Å². The molecular formula is C12H26N2O2S. The van der Waals surface area contributed by atoms with E-state index in [4.69, 9.17) is 5.73 Å². The average molecular weight is 262 g/mol. The topological polar surface area (TPSA) is 63.4 Å². The van der Waals surface area contributed by atoms with E-state index >= 15 is 0 Å². The second-order valence-electron chi connectivity index (χ2n) is 5.25. The molecule has 0 spiro atoms. The number of nitrogens with two attached hydrogens (primary N) is 1. The molecule has 0 amide bonds. The summed E-state index contributed by atoms with van der Waals surface area (Å²) >= 11 is 0. The zero-order valence-electron chi connectivity index (χ0n) is 11.1. The lowest BCUT2D eigenvalue weighted by Gasteiger charge is -2.31. The van der Waals surface area contributed by atoms with Crippen molar-refractivity contribution in [1.29, 1.82) is 0 Å². The van der Waals surface area contributed by atoms with Gasteiger partial charge in [0, 0.05) is 13.1 Å². The predicted octanol–water partition coefficient (Wildman–Crippen LogP) is 1.42. The minimum Gasteiger partial charge on any atom is -0.330 e. The zero-order valence-corrected chi connectivity index (χ0v) is 11.9. The quantitative estimate of drug-likeness (QED) is 0.787. The molecular weight excluding hydrogens is 236 g/mol. The maximum Gasteiger partial charge on any atom is 0.214 e. The first-order chi connectivity index (χ1) is 7.99. The number of nitrogens with zero attached hydrogens (tertiary/aromatic N) is 1. The summed E-state index contributed by atoms with van der Waals surface area (Å²) in [5, 5.41) is 0. The van der Waals surface area contributed by atoms with Crippen molar-refractivity contribution in [3.8, 4) is 0 Å². The number of piperidine rings is 1. The highest BCUT2D eigenvalue weighted by Gasteiger charge is 2.28. The third-order valence-electron chi connectivity index (χ3n) is 3.58. The van der Waals surface area contributed by atoms with Crippen molar-refractivity contribution in [1.82, 2.24) is 4.31 Å². The van der Waals surface area contributed by atoms with Gasteiger partial charge in [0.05, 0.1) is 5.75 Å². The Kier molecular flexibility index (Phi) is 5.89. The molecule has 1 rings (SSSR count). The summed E-state index contributed by atoms with van der Waals surface area (Å²) in [6.45, 7) is 6.11. The first-order valence-electron chi connectivity index (χ1n) is 6.67. The molecule has 0 bridgehead atoms. The second-order valence-corrected chi connectivity index (χ2v) is 7.26. The van der Waals surface area contributed by atoms with Crippen LogP contribution in [-0.2, 0) is 10.0 Å². The van der Waals surface area contributed by atoms with Crippen LogP contribution in [0.4, 0.5) is 0 Å². The molecule has 1 fully saturated rings. The van der Waals surface area contributed by atoms with Crippen LogP contribution in [0.3, 0.4) is 0 Å². The molecule has 0 aromatic carbocycles. The van der Waals surface area contributed by atoms with Gasteiger partial charge in [-0.3, -0.25) is 0 Å². The molecule has 0 radical (unpaired) electrons. The van der Waals surface area contributed by atoms with E-state index < -0.39 is 10.0 Å². The van der Waals surface area contributed by atoms with E-state index in [1.807, 2.05) is 6.92 Å². The average Bonchev–Trinajstić information content (AvgIpc) is 2.28. The standard InChI is InChI=1S/C12H26N2O2S/c1-3-4-11(2)10-17(15,16)14-7-5-12(9-13)6-8-14/h11-12H,3-10,13H2,1-2H3. The van der Waals surface area contributed by atoms with Crippen molar-refractivity contribution in [2.45, 2.75) is 39.5 Å². The Morgan fingerprint density at radius 3 is 2.41 bits per heavy atom. The second kappa shape index (κ2) is 6.71. The van der Waals surface area contributed by atoms with Crippen LogP contribution in [0.1, 0.15) is 39.5 Å². The van der Waals surface area contributed by atoms with Gasteiger partial charge in [-0.2, -0.15) is 0 Å². The van der Waals surface area contributed by atoms with Gasteiger partial charge in [-0.1, -0.05) is 20.3 Å². The van der Waals surface area contributed by atoms with Gasteiger partial charge >= 0.3 is 0 Å². The summed E-state index contributed by atoms with van der Waals surface area (Å²) in [4.78, 5) is 0. The molecule has 0 aromatic heterocycles. The molecule has 1 aliphatic heterocycles. The van der Waals surface area contributed by atoms with Crippen LogP contribution in [-0.4, -0.2) is 38.1 Å². The van der Waals surface area contributed by atoms with Gasteiger partial charge < -0.3 is 5.73 Å². The Morgan fingerprint density at radius 1 is 1.35 bits per heavy atom. The fourth-order valence-corrected chi connectivity index (χ4v) is 4.33. The van der Waals surface area contributed by atoms with Crippen LogP contribution in [0.5, 0.6) is 0 Å². The summed E-state index contributed by atoms with van der Waals surface area (Å²) in [7, 11) is -3.04. The maximum atomic E-state index is 12.2. The summed E-state index contributed by atoms with van der Waals surface area (Å²) < 4.78 is 26.0. The molecule has 1 saturated heterocycles. The normalized spacial score (nSPS) is 21.6. The van der Waals surface area contributed by atoms with Crippen LogP contribution >= 0.6 is 0 Å². The molecule has 0 aromatic rings. The smallest absolute Gasteiger partial charge is 0.214 e. The largest absolute Gasteiger partial charge is 0.330 e. The van der Waals surface area contributed by atoms with E-state index in [0.717, 1.165) is 25.7 Å². The molecule has 5 heteroatoms. The van der Waals surface area contributed by atoms with E-state index in [1.165, 1.54) is 0 Å². The molecule has 1 atom stereocenters. The number of hydrogen-bond acceptors (Lipinski definition) is 3. The minimum atomic E-state index is -3.04. The van der Waals surface area contributed by atoms with E-state index in [-0.39, 0.29) is 5.92 Å². The molecule has 1 aliphatic rings. The summed E-state index contributed by atoms with van der Waals surface area (Å²) in [6.07, 6.45) is 3.86. The zero-order chi connectivity index (χ0) is 12.9. The SMILES string of the molecule is CCCC(C)CS(=O)(=O)N1CCC(CN)CC1. The lowest BCUT2D eigenvalue weighted by Crippen LogP contribution is -2.42. The van der Waals surface area contributed by atoms with Gasteiger partial charge in [-0.05, 0) is 37.6 Å². The third kappa shape index (κ3) is 4.56. The molecule has 0 saturated carbocycles. The molecule has 1 heterocycles. The highest BCUT2D eigenvalue weighted by molar-refractivity contribution is 7.89. The third-order valence-corrected chi connectivity index (χ3v) is 5.72. The van der Waals surface area contributed by atoms with Gasteiger partial charge in [0.1, 0.15) is 0 Å². The molecule has 17 heavy (non-hydrogen) atoms. The Labute approximate surface area is 106 Å². The number of rotatable bonds is 6. The lowest BCUT2D eigenvalue weighted by molar-refractivity contribution is 0.277. The predicted molar refractivity (Wildman–Crippen MR) is 71.2 cm³/mol. The Bertz CT molecular complexity index is 308. The lowest BCUT2D eigenvalue weighted by atomic mass is 9.99. The molecule has 0 aliphatic carbocycles. The molecule has 1 unspecified atom stereocenters. The summed E-state index contributed by atoms with van der Waals surface area (Å²) in [5.74, 6) is 1.07. The van der Waals surface area contributed by atoms with Crippen LogP contribution in [0, 0.1) is 11.8 Å². The Balaban J connectivity index is 2.48. The van der Waals surface area contributed by atoms with Crippen molar-refractivity contribution >= 4 is 10.0 Å². The fourth-order valence-electron chi connectivity index (χ4n) is 2.46. The Morgan fingerprint density at radius 2 is 1.94 bits per heavy atom. The summed E-state index contributed by atoms with van der Waals surface area (Å²) in [5.41, 5.74) is 5.61. The number of hydrogen-bond donors (Lipinski definition) is 1. The van der Waals surface area contributed by atoms with Gasteiger partial charge in [-0.15, -0.1) is 0 Å². The van der Waals surface area contributed by atoms with E-state index in [9.17, 15) is 8.42 Å². The first-order valence-corrected chi connectivity index (χ1v) is 8.28. The maximum absolute atomic E-state index is 12.2. The van der Waals surface area contributed by atoms with E-state index in [1.54, 1.807) is 4.31 Å². The van der Waals surface area contributed by atoms with Crippen LogP contribution in [0.2, 0.25) is 0 Å². The highest BCUT2D eigenvalue weighted by Crippen LogP contribution is 2.20. The summed E-state index contributed by atoms with van der Waals surface area (Å²) in [6, 6.07) is 0. The van der Waals surface area contributed by atoms with Gasteiger partial charge in [0.15, 0.2) is 0 Å². The van der Waals surface area contributed by atoms with E-state index in [2.05, 4.69) is 6.92 Å². The van der Waals surface area contributed by atoms with Gasteiger partial charge in [-0.25, -0.2) is 12.7 Å². The number of sulfonamides is 1. The first kappa shape index (κ1) is 14.9. The molecule has 4 nitrogen and oxygen atoms in total. The fraction of sp³-hybridized carbons (Fsp3) is 1.00. The molecule has 102 valence electrons. The van der Waals surface area contributed by atoms with Gasteiger partial charge in [0.25, 0.3) is 0 Å². The van der Waals surface area contributed by atoms with Crippen LogP contribution in [0.15, 0.2) is 0 Å². The van der Waals surface area contributed by atoms with Crippen molar-refractivity contribution in [2.75, 3.05) is 25.4 Å². The molecule has 2 N–H and O–H groups in total.